The number of nitrogens with one attached hydrogen (secondary N) is 1. The SMILES string of the molecule is Bc1ccc2c(=O)n3c(nc2c1)CCNCCC3. The number of rotatable bonds is 0. The zero-order valence-electron chi connectivity index (χ0n) is 10.6. The topological polar surface area (TPSA) is 46.9 Å². The molecule has 1 N–H and O–H groups in total. The van der Waals surface area contributed by atoms with Crippen LogP contribution in [0.1, 0.15) is 12.2 Å². The van der Waals surface area contributed by atoms with Crippen LogP contribution in [-0.4, -0.2) is 30.5 Å². The van der Waals surface area contributed by atoms with Crippen molar-refractivity contribution in [3.05, 3.63) is 34.4 Å². The molecule has 1 aromatic heterocycles. The molecule has 4 nitrogen and oxygen atoms in total. The summed E-state index contributed by atoms with van der Waals surface area (Å²) < 4.78 is 1.85. The van der Waals surface area contributed by atoms with Crippen LogP contribution in [0.4, 0.5) is 0 Å². The van der Waals surface area contributed by atoms with Crippen molar-refractivity contribution < 1.29 is 0 Å². The molecule has 0 saturated heterocycles. The van der Waals surface area contributed by atoms with E-state index in [1.54, 1.807) is 0 Å². The molecule has 2 aromatic rings. The molecular formula is C13H16BN3O. The lowest BCUT2D eigenvalue weighted by Gasteiger charge is -2.17. The van der Waals surface area contributed by atoms with Crippen LogP contribution in [0.2, 0.25) is 0 Å². The molecule has 0 amide bonds. The van der Waals surface area contributed by atoms with Crippen LogP contribution in [0.15, 0.2) is 23.0 Å². The van der Waals surface area contributed by atoms with E-state index in [2.05, 4.69) is 10.3 Å². The minimum Gasteiger partial charge on any atom is -0.316 e. The van der Waals surface area contributed by atoms with Gasteiger partial charge in [-0.2, -0.15) is 0 Å². The van der Waals surface area contributed by atoms with Crippen LogP contribution >= 0.6 is 0 Å². The normalized spacial score (nSPS) is 16.0. The number of benzene rings is 1. The first kappa shape index (κ1) is 11.5. The quantitative estimate of drug-likeness (QED) is 0.614. The summed E-state index contributed by atoms with van der Waals surface area (Å²) in [6, 6.07) is 5.86. The maximum atomic E-state index is 12.5. The number of nitrogens with zero attached hydrogens (tertiary/aromatic N) is 2. The summed E-state index contributed by atoms with van der Waals surface area (Å²) in [4.78, 5) is 17.1. The molecule has 18 heavy (non-hydrogen) atoms. The first-order valence-corrected chi connectivity index (χ1v) is 6.46. The minimum absolute atomic E-state index is 0.108. The molecular weight excluding hydrogens is 225 g/mol. The summed E-state index contributed by atoms with van der Waals surface area (Å²) in [5.74, 6) is 0.908. The Bertz CT molecular complexity index is 650. The van der Waals surface area contributed by atoms with E-state index in [0.717, 1.165) is 54.7 Å². The Morgan fingerprint density at radius 3 is 3.11 bits per heavy atom. The van der Waals surface area contributed by atoms with Crippen molar-refractivity contribution in [2.24, 2.45) is 0 Å². The van der Waals surface area contributed by atoms with Crippen LogP contribution in [-0.2, 0) is 13.0 Å². The van der Waals surface area contributed by atoms with E-state index in [4.69, 9.17) is 0 Å². The molecule has 0 radical (unpaired) electrons. The molecule has 2 heterocycles. The van der Waals surface area contributed by atoms with Crippen molar-refractivity contribution in [3.8, 4) is 0 Å². The monoisotopic (exact) mass is 241 g/mol. The molecule has 0 bridgehead atoms. The molecule has 0 fully saturated rings. The largest absolute Gasteiger partial charge is 0.316 e. The minimum atomic E-state index is 0.108. The summed E-state index contributed by atoms with van der Waals surface area (Å²) in [7, 11) is 2.02. The van der Waals surface area contributed by atoms with Gasteiger partial charge in [-0.25, -0.2) is 4.98 Å². The van der Waals surface area contributed by atoms with Gasteiger partial charge in [-0.1, -0.05) is 11.5 Å². The Hall–Kier alpha value is -1.62. The predicted molar refractivity (Wildman–Crippen MR) is 75.4 cm³/mol. The second kappa shape index (κ2) is 4.57. The first-order valence-electron chi connectivity index (χ1n) is 6.46. The first-order chi connectivity index (χ1) is 8.75. The van der Waals surface area contributed by atoms with Crippen molar-refractivity contribution in [2.75, 3.05) is 13.1 Å². The molecule has 0 saturated carbocycles. The predicted octanol–water partition coefficient (Wildman–Crippen LogP) is -0.809. The van der Waals surface area contributed by atoms with Crippen LogP contribution in [0.3, 0.4) is 0 Å². The van der Waals surface area contributed by atoms with Gasteiger partial charge in [0, 0.05) is 19.5 Å². The molecule has 0 unspecified atom stereocenters. The zero-order valence-corrected chi connectivity index (χ0v) is 10.6. The summed E-state index contributed by atoms with van der Waals surface area (Å²) in [5.41, 5.74) is 2.08. The fourth-order valence-electron chi connectivity index (χ4n) is 2.49. The van der Waals surface area contributed by atoms with Crippen molar-refractivity contribution in [3.63, 3.8) is 0 Å². The van der Waals surface area contributed by atoms with E-state index in [-0.39, 0.29) is 5.56 Å². The summed E-state index contributed by atoms with van der Waals surface area (Å²) in [5, 5.41) is 4.09. The molecule has 1 aliphatic rings. The van der Waals surface area contributed by atoms with Crippen molar-refractivity contribution in [2.45, 2.75) is 19.4 Å². The Labute approximate surface area is 106 Å². The van der Waals surface area contributed by atoms with Gasteiger partial charge >= 0.3 is 0 Å². The highest BCUT2D eigenvalue weighted by Gasteiger charge is 2.12. The highest BCUT2D eigenvalue weighted by molar-refractivity contribution is 6.33. The van der Waals surface area contributed by atoms with E-state index >= 15 is 0 Å². The Morgan fingerprint density at radius 2 is 2.22 bits per heavy atom. The van der Waals surface area contributed by atoms with Gasteiger partial charge in [-0.3, -0.25) is 9.36 Å². The lowest BCUT2D eigenvalue weighted by Crippen LogP contribution is -2.32. The van der Waals surface area contributed by atoms with Crippen LogP contribution in [0, 0.1) is 0 Å². The van der Waals surface area contributed by atoms with Gasteiger partial charge in [0.25, 0.3) is 5.56 Å². The maximum Gasteiger partial charge on any atom is 0.261 e. The average molecular weight is 241 g/mol. The van der Waals surface area contributed by atoms with E-state index in [1.807, 2.05) is 30.6 Å². The third-order valence-electron chi connectivity index (χ3n) is 3.45. The Balaban J connectivity index is 2.26. The molecule has 1 aromatic carbocycles. The number of hydrogen-bond acceptors (Lipinski definition) is 3. The maximum absolute atomic E-state index is 12.5. The van der Waals surface area contributed by atoms with E-state index in [9.17, 15) is 4.79 Å². The fraction of sp³-hybridized carbons (Fsp3) is 0.385. The van der Waals surface area contributed by atoms with E-state index in [0.29, 0.717) is 0 Å². The van der Waals surface area contributed by atoms with Crippen LogP contribution < -0.4 is 16.3 Å². The molecule has 0 atom stereocenters. The molecule has 3 rings (SSSR count). The smallest absolute Gasteiger partial charge is 0.261 e. The molecule has 0 aliphatic carbocycles. The number of fused-ring (bicyclic) bond motifs is 2. The van der Waals surface area contributed by atoms with Crippen molar-refractivity contribution >= 4 is 24.2 Å². The van der Waals surface area contributed by atoms with Gasteiger partial charge in [0.15, 0.2) is 0 Å². The fourth-order valence-corrected chi connectivity index (χ4v) is 2.49. The third kappa shape index (κ3) is 1.95. The van der Waals surface area contributed by atoms with Gasteiger partial charge < -0.3 is 5.32 Å². The summed E-state index contributed by atoms with van der Waals surface area (Å²) >= 11 is 0. The third-order valence-corrected chi connectivity index (χ3v) is 3.45. The van der Waals surface area contributed by atoms with Gasteiger partial charge in [-0.15, -0.1) is 0 Å². The Kier molecular flexibility index (Phi) is 2.92. The average Bonchev–Trinajstić information content (AvgIpc) is 2.31. The van der Waals surface area contributed by atoms with Gasteiger partial charge in [0.05, 0.1) is 10.9 Å². The van der Waals surface area contributed by atoms with Crippen molar-refractivity contribution in [1.82, 2.24) is 14.9 Å². The highest BCUT2D eigenvalue weighted by Crippen LogP contribution is 2.08. The second-order valence-corrected chi connectivity index (χ2v) is 4.86. The molecule has 5 heteroatoms. The van der Waals surface area contributed by atoms with Crippen molar-refractivity contribution in [1.29, 1.82) is 0 Å². The molecule has 92 valence electrons. The highest BCUT2D eigenvalue weighted by atomic mass is 16.1. The second-order valence-electron chi connectivity index (χ2n) is 4.86. The van der Waals surface area contributed by atoms with Gasteiger partial charge in [0.2, 0.25) is 0 Å². The molecule has 0 spiro atoms. The number of hydrogen-bond donors (Lipinski definition) is 1. The van der Waals surface area contributed by atoms with E-state index in [1.165, 1.54) is 0 Å². The summed E-state index contributed by atoms with van der Waals surface area (Å²) in [6.45, 7) is 2.62. The Morgan fingerprint density at radius 1 is 1.33 bits per heavy atom. The van der Waals surface area contributed by atoms with Gasteiger partial charge in [0.1, 0.15) is 13.7 Å². The number of aromatic nitrogens is 2. The summed E-state index contributed by atoms with van der Waals surface area (Å²) in [6.07, 6.45) is 1.80. The zero-order chi connectivity index (χ0) is 12.5. The van der Waals surface area contributed by atoms with E-state index < -0.39 is 0 Å². The van der Waals surface area contributed by atoms with Crippen LogP contribution in [0.25, 0.3) is 10.9 Å². The van der Waals surface area contributed by atoms with Gasteiger partial charge in [-0.05, 0) is 25.1 Å². The lowest BCUT2D eigenvalue weighted by molar-refractivity contribution is 0.510. The lowest BCUT2D eigenvalue weighted by atomic mass is 9.95. The van der Waals surface area contributed by atoms with Crippen LogP contribution in [0.5, 0.6) is 0 Å². The standard InChI is InChI=1S/C13H16BN3O/c14-9-2-3-10-11(8-9)16-12-4-6-15-5-1-7-17(12)13(10)18/h2-3,8,15H,1,4-7,14H2. The molecule has 1 aliphatic heterocycles.